The number of rotatable bonds is 5. The number of benzene rings is 1. The van der Waals surface area contributed by atoms with Crippen molar-refractivity contribution in [2.45, 2.75) is 79.4 Å². The number of ether oxygens (including phenoxy) is 1. The Bertz CT molecular complexity index is 787. The Morgan fingerprint density at radius 3 is 2.35 bits per heavy atom. The molecule has 1 aliphatic heterocycles. The maximum atomic E-state index is 14.3. The van der Waals surface area contributed by atoms with Gasteiger partial charge in [0.25, 0.3) is 0 Å². The van der Waals surface area contributed by atoms with E-state index in [1.165, 1.54) is 6.07 Å². The summed E-state index contributed by atoms with van der Waals surface area (Å²) in [5.74, 6) is 0.0714. The van der Waals surface area contributed by atoms with Gasteiger partial charge in [-0.05, 0) is 70.1 Å². The van der Waals surface area contributed by atoms with Gasteiger partial charge in [-0.3, -0.25) is 4.79 Å². The number of amides is 2. The fraction of sp³-hybridized carbons (Fsp3) is 0.680. The van der Waals surface area contributed by atoms with E-state index in [4.69, 9.17) is 4.74 Å². The fourth-order valence-corrected chi connectivity index (χ4v) is 3.82. The summed E-state index contributed by atoms with van der Waals surface area (Å²) >= 11 is 0. The molecule has 0 N–H and O–H groups in total. The molecule has 1 aromatic carbocycles. The molecule has 5 nitrogen and oxygen atoms in total. The average Bonchev–Trinajstić information content (AvgIpc) is 2.66. The third-order valence-electron chi connectivity index (χ3n) is 6.21. The lowest BCUT2D eigenvalue weighted by Crippen LogP contribution is -2.57. The predicted octanol–water partition coefficient (Wildman–Crippen LogP) is 5.37. The van der Waals surface area contributed by atoms with E-state index in [0.717, 1.165) is 5.56 Å². The SMILES string of the molecule is Cc1ccc([C@H](C[C@@H](C)C(C)C)C(=O)N2CCN(C(=O)OC(C)(C)C)[C@H](C)C2)cc1F. The molecular formula is C25H39FN2O3. The van der Waals surface area contributed by atoms with Crippen molar-refractivity contribution in [1.29, 1.82) is 0 Å². The van der Waals surface area contributed by atoms with Crippen LogP contribution in [0.5, 0.6) is 0 Å². The van der Waals surface area contributed by atoms with Gasteiger partial charge in [0.2, 0.25) is 5.91 Å². The summed E-state index contributed by atoms with van der Waals surface area (Å²) < 4.78 is 19.8. The maximum Gasteiger partial charge on any atom is 0.410 e. The van der Waals surface area contributed by atoms with Crippen LogP contribution in [-0.2, 0) is 9.53 Å². The molecule has 0 saturated carbocycles. The molecule has 0 radical (unpaired) electrons. The molecule has 2 rings (SSSR count). The lowest BCUT2D eigenvalue weighted by molar-refractivity contribution is -0.136. The minimum absolute atomic E-state index is 0.00596. The van der Waals surface area contributed by atoms with Gasteiger partial charge in [0.1, 0.15) is 11.4 Å². The zero-order chi connectivity index (χ0) is 23.5. The van der Waals surface area contributed by atoms with Crippen LogP contribution in [-0.4, -0.2) is 53.1 Å². The van der Waals surface area contributed by atoms with Crippen LogP contribution in [0.25, 0.3) is 0 Å². The topological polar surface area (TPSA) is 49.9 Å². The highest BCUT2D eigenvalue weighted by molar-refractivity contribution is 5.84. The summed E-state index contributed by atoms with van der Waals surface area (Å²) in [7, 11) is 0. The molecule has 1 saturated heterocycles. The van der Waals surface area contributed by atoms with Crippen molar-refractivity contribution in [2.24, 2.45) is 11.8 Å². The second kappa shape index (κ2) is 10.0. The molecule has 3 atom stereocenters. The molecule has 1 aromatic rings. The number of nitrogens with zero attached hydrogens (tertiary/aromatic N) is 2. The van der Waals surface area contributed by atoms with Gasteiger partial charge in [-0.25, -0.2) is 9.18 Å². The molecule has 2 amide bonds. The number of aryl methyl sites for hydroxylation is 1. The van der Waals surface area contributed by atoms with Crippen LogP contribution >= 0.6 is 0 Å². The summed E-state index contributed by atoms with van der Waals surface area (Å²) in [6, 6.07) is 4.97. The van der Waals surface area contributed by atoms with Crippen molar-refractivity contribution < 1.29 is 18.7 Å². The first kappa shape index (κ1) is 25.2. The maximum absolute atomic E-state index is 14.3. The third kappa shape index (κ3) is 6.68. The van der Waals surface area contributed by atoms with Gasteiger partial charge in [-0.15, -0.1) is 0 Å². The van der Waals surface area contributed by atoms with Crippen LogP contribution in [0.1, 0.15) is 71.9 Å². The van der Waals surface area contributed by atoms with Crippen molar-refractivity contribution in [3.05, 3.63) is 35.1 Å². The van der Waals surface area contributed by atoms with E-state index in [-0.39, 0.29) is 23.9 Å². The van der Waals surface area contributed by atoms with E-state index >= 15 is 0 Å². The molecule has 0 spiro atoms. The van der Waals surface area contributed by atoms with Crippen molar-refractivity contribution in [3.63, 3.8) is 0 Å². The molecule has 0 aromatic heterocycles. The second-order valence-electron chi connectivity index (χ2n) is 10.3. The third-order valence-corrected chi connectivity index (χ3v) is 6.21. The van der Waals surface area contributed by atoms with Gasteiger partial charge < -0.3 is 14.5 Å². The summed E-state index contributed by atoms with van der Waals surface area (Å²) in [6.45, 7) is 16.9. The van der Waals surface area contributed by atoms with Crippen LogP contribution < -0.4 is 0 Å². The normalized spacial score (nSPS) is 19.4. The van der Waals surface area contributed by atoms with Crippen LogP contribution in [0.2, 0.25) is 0 Å². The van der Waals surface area contributed by atoms with Gasteiger partial charge in [0.15, 0.2) is 0 Å². The highest BCUT2D eigenvalue weighted by Crippen LogP contribution is 2.31. The zero-order valence-corrected chi connectivity index (χ0v) is 20.4. The van der Waals surface area contributed by atoms with Crippen LogP contribution in [0, 0.1) is 24.6 Å². The average molecular weight is 435 g/mol. The lowest BCUT2D eigenvalue weighted by atomic mass is 9.83. The Kier molecular flexibility index (Phi) is 8.12. The number of hydrogen-bond donors (Lipinski definition) is 0. The van der Waals surface area contributed by atoms with E-state index in [1.807, 2.05) is 38.7 Å². The Hall–Kier alpha value is -2.11. The number of carbonyl (C=O) groups excluding carboxylic acids is 2. The Morgan fingerprint density at radius 1 is 1.19 bits per heavy atom. The van der Waals surface area contributed by atoms with Crippen molar-refractivity contribution in [2.75, 3.05) is 19.6 Å². The molecule has 0 bridgehead atoms. The minimum atomic E-state index is -0.558. The fourth-order valence-electron chi connectivity index (χ4n) is 3.82. The van der Waals surface area contributed by atoms with E-state index < -0.39 is 11.5 Å². The van der Waals surface area contributed by atoms with Gasteiger partial charge >= 0.3 is 6.09 Å². The summed E-state index contributed by atoms with van der Waals surface area (Å²) in [5.41, 5.74) is 0.742. The van der Waals surface area contributed by atoms with E-state index in [0.29, 0.717) is 43.5 Å². The largest absolute Gasteiger partial charge is 0.444 e. The smallest absolute Gasteiger partial charge is 0.410 e. The number of halogens is 1. The number of hydrogen-bond acceptors (Lipinski definition) is 3. The van der Waals surface area contributed by atoms with Gasteiger partial charge in [-0.1, -0.05) is 32.9 Å². The van der Waals surface area contributed by atoms with E-state index in [1.54, 1.807) is 17.9 Å². The van der Waals surface area contributed by atoms with Crippen LogP contribution in [0.4, 0.5) is 9.18 Å². The first-order valence-electron chi connectivity index (χ1n) is 11.3. The standard InChI is InChI=1S/C25H39FN2O3/c1-16(2)18(4)13-21(20-10-9-17(3)22(26)14-20)23(29)27-11-12-28(19(5)15-27)24(30)31-25(6,7)8/h9-10,14,16,18-19,21H,11-13,15H2,1-8H3/t18-,19-,21+/m1/s1. The summed E-state index contributed by atoms with van der Waals surface area (Å²) in [5, 5.41) is 0. The summed E-state index contributed by atoms with van der Waals surface area (Å²) in [4.78, 5) is 29.6. The predicted molar refractivity (Wildman–Crippen MR) is 121 cm³/mol. The highest BCUT2D eigenvalue weighted by atomic mass is 19.1. The quantitative estimate of drug-likeness (QED) is 0.626. The van der Waals surface area contributed by atoms with Crippen molar-refractivity contribution in [3.8, 4) is 0 Å². The lowest BCUT2D eigenvalue weighted by Gasteiger charge is -2.41. The molecular weight excluding hydrogens is 395 g/mol. The Morgan fingerprint density at radius 2 is 1.84 bits per heavy atom. The number of carbonyl (C=O) groups is 2. The molecule has 1 fully saturated rings. The monoisotopic (exact) mass is 434 g/mol. The van der Waals surface area contributed by atoms with E-state index in [2.05, 4.69) is 20.8 Å². The first-order valence-corrected chi connectivity index (χ1v) is 11.3. The van der Waals surface area contributed by atoms with Gasteiger partial charge in [-0.2, -0.15) is 0 Å². The molecule has 0 aliphatic carbocycles. The molecule has 6 heteroatoms. The van der Waals surface area contributed by atoms with Gasteiger partial charge in [0.05, 0.1) is 5.92 Å². The molecule has 1 heterocycles. The minimum Gasteiger partial charge on any atom is -0.444 e. The van der Waals surface area contributed by atoms with E-state index in [9.17, 15) is 14.0 Å². The molecule has 0 unspecified atom stereocenters. The van der Waals surface area contributed by atoms with Crippen molar-refractivity contribution in [1.82, 2.24) is 9.80 Å². The zero-order valence-electron chi connectivity index (χ0n) is 20.4. The Balaban J connectivity index is 2.19. The molecule has 1 aliphatic rings. The van der Waals surface area contributed by atoms with Crippen molar-refractivity contribution >= 4 is 12.0 Å². The van der Waals surface area contributed by atoms with Crippen LogP contribution in [0.3, 0.4) is 0 Å². The summed E-state index contributed by atoms with van der Waals surface area (Å²) in [6.07, 6.45) is 0.317. The van der Waals surface area contributed by atoms with Gasteiger partial charge in [0, 0.05) is 25.7 Å². The Labute approximate surface area is 186 Å². The second-order valence-corrected chi connectivity index (χ2v) is 10.3. The van der Waals surface area contributed by atoms with Crippen LogP contribution in [0.15, 0.2) is 18.2 Å². The first-order chi connectivity index (χ1) is 14.3. The molecule has 174 valence electrons. The molecule has 31 heavy (non-hydrogen) atoms. The highest BCUT2D eigenvalue weighted by Gasteiger charge is 2.36. The number of piperazine rings is 1.